The van der Waals surface area contributed by atoms with Gasteiger partial charge in [0.25, 0.3) is 10.0 Å². The zero-order valence-electron chi connectivity index (χ0n) is 14.8. The summed E-state index contributed by atoms with van der Waals surface area (Å²) < 4.78 is 32.2. The minimum absolute atomic E-state index is 0.00831. The number of carbonyl (C=O) groups excluding carboxylic acids is 1. The Bertz CT molecular complexity index is 720. The van der Waals surface area contributed by atoms with E-state index in [0.717, 1.165) is 9.87 Å². The van der Waals surface area contributed by atoms with Gasteiger partial charge in [0.15, 0.2) is 0 Å². The molecule has 0 aliphatic carbocycles. The van der Waals surface area contributed by atoms with Crippen molar-refractivity contribution in [1.29, 1.82) is 0 Å². The Morgan fingerprint density at radius 2 is 1.71 bits per heavy atom. The normalized spacial score (nSPS) is 22.0. The molecule has 0 radical (unpaired) electrons. The zero-order valence-corrected chi connectivity index (χ0v) is 15.6. The number of aryl methyl sites for hydroxylation is 1. The van der Waals surface area contributed by atoms with E-state index in [1.807, 2.05) is 40.7 Å². The van der Waals surface area contributed by atoms with Gasteiger partial charge < -0.3 is 4.74 Å². The van der Waals surface area contributed by atoms with Crippen LogP contribution in [-0.4, -0.2) is 31.0 Å². The summed E-state index contributed by atoms with van der Waals surface area (Å²) >= 11 is 0. The number of benzene rings is 1. The first-order valence-corrected chi connectivity index (χ1v) is 9.58. The van der Waals surface area contributed by atoms with Crippen molar-refractivity contribution in [1.82, 2.24) is 4.31 Å². The van der Waals surface area contributed by atoms with Crippen LogP contribution in [0, 0.1) is 18.8 Å². The Morgan fingerprint density at radius 3 is 2.21 bits per heavy atom. The van der Waals surface area contributed by atoms with Gasteiger partial charge in [-0.3, -0.25) is 0 Å². The molecule has 132 valence electrons. The Balaban J connectivity index is 2.47. The Hall–Kier alpha value is -1.82. The lowest BCUT2D eigenvalue weighted by Crippen LogP contribution is -2.41. The summed E-state index contributed by atoms with van der Waals surface area (Å²) in [5.41, 5.74) is 0.953. The topological polar surface area (TPSA) is 63.7 Å². The van der Waals surface area contributed by atoms with Crippen molar-refractivity contribution in [3.8, 4) is 0 Å². The fourth-order valence-corrected chi connectivity index (χ4v) is 4.09. The number of ether oxygens (including phenoxy) is 1. The molecule has 5 nitrogen and oxygen atoms in total. The molecule has 0 bridgehead atoms. The third-order valence-corrected chi connectivity index (χ3v) is 5.73. The summed E-state index contributed by atoms with van der Waals surface area (Å²) in [4.78, 5) is 12.4. The van der Waals surface area contributed by atoms with E-state index in [2.05, 4.69) is 0 Å². The molecule has 1 aromatic carbocycles. The van der Waals surface area contributed by atoms with Gasteiger partial charge in [-0.15, -0.1) is 0 Å². The van der Waals surface area contributed by atoms with Gasteiger partial charge in [0.2, 0.25) is 0 Å². The van der Waals surface area contributed by atoms with Crippen molar-refractivity contribution in [3.05, 3.63) is 42.0 Å². The molecule has 6 heteroatoms. The highest BCUT2D eigenvalue weighted by Crippen LogP contribution is 2.32. The molecule has 1 fully saturated rings. The van der Waals surface area contributed by atoms with Gasteiger partial charge in [0.05, 0.1) is 4.90 Å². The van der Waals surface area contributed by atoms with E-state index in [1.54, 1.807) is 18.2 Å². The minimum atomic E-state index is -3.96. The summed E-state index contributed by atoms with van der Waals surface area (Å²) in [5.74, 6) is 0.256. The third kappa shape index (κ3) is 3.64. The predicted octanol–water partition coefficient (Wildman–Crippen LogP) is 3.74. The summed E-state index contributed by atoms with van der Waals surface area (Å²) in [6, 6.07) is 5.83. The highest BCUT2D eigenvalue weighted by Gasteiger charge is 2.48. The number of hydrogen-bond acceptors (Lipinski definition) is 4. The van der Waals surface area contributed by atoms with Gasteiger partial charge in [-0.1, -0.05) is 57.5 Å². The molecule has 2 rings (SSSR count). The van der Waals surface area contributed by atoms with Crippen molar-refractivity contribution in [2.45, 2.75) is 51.7 Å². The quantitative estimate of drug-likeness (QED) is 0.758. The summed E-state index contributed by atoms with van der Waals surface area (Å²) in [6.07, 6.45) is 2.37. The average Bonchev–Trinajstić information content (AvgIpc) is 2.83. The van der Waals surface area contributed by atoms with E-state index in [9.17, 15) is 13.2 Å². The molecular formula is C18H25NO4S. The van der Waals surface area contributed by atoms with E-state index in [1.165, 1.54) is 12.1 Å². The van der Waals surface area contributed by atoms with Crippen LogP contribution in [0.1, 0.15) is 33.3 Å². The number of nitrogens with zero attached hydrogens (tertiary/aromatic N) is 1. The van der Waals surface area contributed by atoms with E-state index in [0.29, 0.717) is 0 Å². The lowest BCUT2D eigenvalue weighted by atomic mass is 9.99. The lowest BCUT2D eigenvalue weighted by molar-refractivity contribution is 0.108. The molecule has 0 aromatic heterocycles. The van der Waals surface area contributed by atoms with E-state index in [-0.39, 0.29) is 16.7 Å². The number of allylic oxidation sites excluding steroid dienone is 1. The number of sulfonamides is 1. The second-order valence-corrected chi connectivity index (χ2v) is 8.64. The summed E-state index contributed by atoms with van der Waals surface area (Å²) in [5, 5.41) is 0. The fourth-order valence-electron chi connectivity index (χ4n) is 2.63. The molecule has 1 aliphatic heterocycles. The van der Waals surface area contributed by atoms with Crippen molar-refractivity contribution < 1.29 is 17.9 Å². The molecule has 2 atom stereocenters. The van der Waals surface area contributed by atoms with Crippen LogP contribution < -0.4 is 0 Å². The largest absolute Gasteiger partial charge is 0.442 e. The van der Waals surface area contributed by atoms with Crippen molar-refractivity contribution in [3.63, 3.8) is 0 Å². The second kappa shape index (κ2) is 6.97. The van der Waals surface area contributed by atoms with Crippen LogP contribution in [0.3, 0.4) is 0 Å². The first-order valence-electron chi connectivity index (χ1n) is 8.14. The molecule has 1 amide bonds. The fraction of sp³-hybridized carbons (Fsp3) is 0.500. The zero-order chi connectivity index (χ0) is 18.1. The van der Waals surface area contributed by atoms with Crippen molar-refractivity contribution in [2.24, 2.45) is 11.8 Å². The van der Waals surface area contributed by atoms with Crippen LogP contribution in [0.25, 0.3) is 0 Å². The van der Waals surface area contributed by atoms with Crippen LogP contribution in [0.15, 0.2) is 41.3 Å². The van der Waals surface area contributed by atoms with Gasteiger partial charge in [-0.2, -0.15) is 4.31 Å². The van der Waals surface area contributed by atoms with Crippen LogP contribution in [-0.2, 0) is 14.8 Å². The second-order valence-electron chi connectivity index (χ2n) is 6.83. The number of amides is 1. The summed E-state index contributed by atoms with van der Waals surface area (Å²) in [7, 11) is -3.96. The van der Waals surface area contributed by atoms with Gasteiger partial charge in [0.1, 0.15) is 12.1 Å². The monoisotopic (exact) mass is 351 g/mol. The van der Waals surface area contributed by atoms with Crippen molar-refractivity contribution >= 4 is 16.1 Å². The first kappa shape index (κ1) is 18.5. The van der Waals surface area contributed by atoms with E-state index in [4.69, 9.17) is 4.74 Å². The van der Waals surface area contributed by atoms with Crippen LogP contribution in [0.2, 0.25) is 0 Å². The van der Waals surface area contributed by atoms with Crippen molar-refractivity contribution in [2.75, 3.05) is 0 Å². The van der Waals surface area contributed by atoms with Gasteiger partial charge >= 0.3 is 6.09 Å². The molecule has 1 aliphatic rings. The lowest BCUT2D eigenvalue weighted by Gasteiger charge is -2.23. The Morgan fingerprint density at radius 1 is 1.12 bits per heavy atom. The first-order chi connectivity index (χ1) is 11.1. The number of cyclic esters (lactones) is 1. The van der Waals surface area contributed by atoms with Gasteiger partial charge in [-0.05, 0) is 30.9 Å². The van der Waals surface area contributed by atoms with Crippen LogP contribution in [0.4, 0.5) is 4.79 Å². The minimum Gasteiger partial charge on any atom is -0.442 e. The molecule has 0 saturated carbocycles. The standard InChI is InChI=1S/C18H25NO4S/c1-12(2)6-11-16-17(13(3)4)23-18(20)19(16)24(21,22)15-9-7-14(5)8-10-15/h6-13,16-17H,1-5H3/b11-6+/t16-,17-/m0/s1. The highest BCUT2D eigenvalue weighted by atomic mass is 32.2. The van der Waals surface area contributed by atoms with Crippen LogP contribution in [0.5, 0.6) is 0 Å². The number of hydrogen-bond donors (Lipinski definition) is 0. The average molecular weight is 351 g/mol. The maximum Gasteiger partial charge on any atom is 0.424 e. The van der Waals surface area contributed by atoms with Gasteiger partial charge in [-0.25, -0.2) is 13.2 Å². The molecule has 0 N–H and O–H groups in total. The molecule has 0 spiro atoms. The highest BCUT2D eigenvalue weighted by molar-refractivity contribution is 7.89. The predicted molar refractivity (Wildman–Crippen MR) is 93.1 cm³/mol. The molecule has 1 heterocycles. The molecule has 24 heavy (non-hydrogen) atoms. The SMILES string of the molecule is Cc1ccc(S(=O)(=O)N2C(=O)O[C@@H](C(C)C)[C@@H]2/C=C/C(C)C)cc1. The maximum absolute atomic E-state index is 13.0. The summed E-state index contributed by atoms with van der Waals surface area (Å²) in [6.45, 7) is 9.70. The number of carbonyl (C=O) groups is 1. The Labute approximate surface area is 144 Å². The molecule has 1 saturated heterocycles. The number of rotatable bonds is 5. The third-order valence-electron chi connectivity index (χ3n) is 3.95. The van der Waals surface area contributed by atoms with E-state index >= 15 is 0 Å². The maximum atomic E-state index is 13.0. The van der Waals surface area contributed by atoms with E-state index < -0.39 is 28.3 Å². The Kier molecular flexibility index (Phi) is 5.38. The molecular weight excluding hydrogens is 326 g/mol. The van der Waals surface area contributed by atoms with Gasteiger partial charge in [0, 0.05) is 0 Å². The molecule has 0 unspecified atom stereocenters. The molecule has 1 aromatic rings. The smallest absolute Gasteiger partial charge is 0.424 e. The van der Waals surface area contributed by atoms with Crippen LogP contribution >= 0.6 is 0 Å².